The van der Waals surface area contributed by atoms with E-state index in [9.17, 15) is 4.79 Å². The van der Waals surface area contributed by atoms with Crippen molar-refractivity contribution >= 4 is 5.91 Å². The maximum absolute atomic E-state index is 12.6. The number of rotatable bonds is 8. The lowest BCUT2D eigenvalue weighted by molar-refractivity contribution is 0.0953. The molecule has 0 atom stereocenters. The molecule has 4 rings (SSSR count). The SMILES string of the molecule is Cc1nn(-c2ccccc2)cc1CCCNC(=O)c1cccc(CN2CCCC2)c1. The molecule has 0 radical (unpaired) electrons. The Balaban J connectivity index is 1.27. The van der Waals surface area contributed by atoms with Crippen molar-refractivity contribution in [3.63, 3.8) is 0 Å². The second kappa shape index (κ2) is 9.72. The molecule has 0 aliphatic carbocycles. The van der Waals surface area contributed by atoms with Gasteiger partial charge in [0, 0.05) is 24.8 Å². The summed E-state index contributed by atoms with van der Waals surface area (Å²) in [5.41, 5.74) is 5.29. The van der Waals surface area contributed by atoms with Crippen LogP contribution in [0, 0.1) is 6.92 Å². The van der Waals surface area contributed by atoms with Crippen molar-refractivity contribution in [2.45, 2.75) is 39.2 Å². The van der Waals surface area contributed by atoms with Crippen LogP contribution >= 0.6 is 0 Å². The molecule has 0 spiro atoms. The molecule has 3 aromatic rings. The number of hydrogen-bond acceptors (Lipinski definition) is 3. The topological polar surface area (TPSA) is 50.2 Å². The van der Waals surface area contributed by atoms with Crippen LogP contribution in [-0.4, -0.2) is 40.2 Å². The largest absolute Gasteiger partial charge is 0.352 e. The number of aromatic nitrogens is 2. The van der Waals surface area contributed by atoms with Gasteiger partial charge in [-0.2, -0.15) is 5.10 Å². The second-order valence-corrected chi connectivity index (χ2v) is 8.06. The van der Waals surface area contributed by atoms with Gasteiger partial charge in [0.1, 0.15) is 0 Å². The summed E-state index contributed by atoms with van der Waals surface area (Å²) < 4.78 is 1.93. The van der Waals surface area contributed by atoms with E-state index in [-0.39, 0.29) is 5.91 Å². The first-order valence-electron chi connectivity index (χ1n) is 10.9. The number of carbonyl (C=O) groups is 1. The van der Waals surface area contributed by atoms with Gasteiger partial charge in [-0.1, -0.05) is 30.3 Å². The van der Waals surface area contributed by atoms with Gasteiger partial charge in [0.2, 0.25) is 0 Å². The minimum Gasteiger partial charge on any atom is -0.352 e. The predicted octanol–water partition coefficient (Wildman–Crippen LogP) is 4.14. The molecule has 0 bridgehead atoms. The van der Waals surface area contributed by atoms with Crippen LogP contribution in [0.5, 0.6) is 0 Å². The van der Waals surface area contributed by atoms with E-state index in [1.165, 1.54) is 24.0 Å². The minimum atomic E-state index is 0.00924. The van der Waals surface area contributed by atoms with Gasteiger partial charge < -0.3 is 5.32 Å². The van der Waals surface area contributed by atoms with E-state index in [1.807, 2.05) is 60.1 Å². The quantitative estimate of drug-likeness (QED) is 0.576. The average molecular weight is 403 g/mol. The van der Waals surface area contributed by atoms with Gasteiger partial charge in [-0.25, -0.2) is 4.68 Å². The molecule has 2 aromatic carbocycles. The van der Waals surface area contributed by atoms with Crippen molar-refractivity contribution < 1.29 is 4.79 Å². The summed E-state index contributed by atoms with van der Waals surface area (Å²) in [5, 5.41) is 7.69. The minimum absolute atomic E-state index is 0.00924. The molecule has 1 amide bonds. The smallest absolute Gasteiger partial charge is 0.251 e. The molecule has 2 heterocycles. The second-order valence-electron chi connectivity index (χ2n) is 8.06. The third-order valence-electron chi connectivity index (χ3n) is 5.72. The van der Waals surface area contributed by atoms with Gasteiger partial charge >= 0.3 is 0 Å². The number of aryl methyl sites for hydroxylation is 2. The molecule has 5 nitrogen and oxygen atoms in total. The Morgan fingerprint density at radius 3 is 2.67 bits per heavy atom. The highest BCUT2D eigenvalue weighted by atomic mass is 16.1. The Morgan fingerprint density at radius 2 is 1.87 bits per heavy atom. The van der Waals surface area contributed by atoms with Crippen LogP contribution in [0.3, 0.4) is 0 Å². The molecular formula is C25H30N4O. The monoisotopic (exact) mass is 402 g/mol. The number of nitrogens with zero attached hydrogens (tertiary/aromatic N) is 3. The Labute approximate surface area is 178 Å². The molecule has 0 saturated carbocycles. The van der Waals surface area contributed by atoms with E-state index in [0.717, 1.165) is 49.4 Å². The van der Waals surface area contributed by atoms with Crippen LogP contribution in [0.4, 0.5) is 0 Å². The van der Waals surface area contributed by atoms with Gasteiger partial charge in [-0.05, 0) is 81.1 Å². The number of likely N-dealkylation sites (tertiary alicyclic amines) is 1. The number of hydrogen-bond donors (Lipinski definition) is 1. The van der Waals surface area contributed by atoms with Crippen LogP contribution in [0.2, 0.25) is 0 Å². The van der Waals surface area contributed by atoms with E-state index in [2.05, 4.69) is 27.6 Å². The fourth-order valence-corrected chi connectivity index (χ4v) is 4.05. The predicted molar refractivity (Wildman–Crippen MR) is 120 cm³/mol. The van der Waals surface area contributed by atoms with Crippen molar-refractivity contribution in [2.24, 2.45) is 0 Å². The van der Waals surface area contributed by atoms with Gasteiger partial charge in [0.15, 0.2) is 0 Å². The van der Waals surface area contributed by atoms with E-state index < -0.39 is 0 Å². The van der Waals surface area contributed by atoms with Gasteiger partial charge in [0.05, 0.1) is 11.4 Å². The molecule has 30 heavy (non-hydrogen) atoms. The van der Waals surface area contributed by atoms with Crippen molar-refractivity contribution in [3.05, 3.63) is 83.2 Å². The summed E-state index contributed by atoms with van der Waals surface area (Å²) in [4.78, 5) is 15.0. The zero-order chi connectivity index (χ0) is 20.8. The summed E-state index contributed by atoms with van der Waals surface area (Å²) in [6.45, 7) is 5.96. The number of amides is 1. The van der Waals surface area contributed by atoms with Crippen molar-refractivity contribution in [1.29, 1.82) is 0 Å². The Hall–Kier alpha value is -2.92. The highest BCUT2D eigenvalue weighted by molar-refractivity contribution is 5.94. The third-order valence-corrected chi connectivity index (χ3v) is 5.72. The first-order chi connectivity index (χ1) is 14.7. The summed E-state index contributed by atoms with van der Waals surface area (Å²) in [6, 6.07) is 18.2. The molecule has 1 aliphatic heterocycles. The lowest BCUT2D eigenvalue weighted by Gasteiger charge is -2.15. The highest BCUT2D eigenvalue weighted by Crippen LogP contribution is 2.15. The number of nitrogens with one attached hydrogen (secondary N) is 1. The van der Waals surface area contributed by atoms with Crippen LogP contribution in [0.1, 0.15) is 46.4 Å². The zero-order valence-electron chi connectivity index (χ0n) is 17.7. The summed E-state index contributed by atoms with van der Waals surface area (Å²) in [7, 11) is 0. The highest BCUT2D eigenvalue weighted by Gasteiger charge is 2.13. The number of para-hydroxylation sites is 1. The molecule has 5 heteroatoms. The fourth-order valence-electron chi connectivity index (χ4n) is 4.05. The van der Waals surface area contributed by atoms with E-state index in [1.54, 1.807) is 0 Å². The van der Waals surface area contributed by atoms with Crippen LogP contribution in [-0.2, 0) is 13.0 Å². The Kier molecular flexibility index (Phi) is 6.60. The summed E-state index contributed by atoms with van der Waals surface area (Å²) in [5.74, 6) is 0.00924. The Morgan fingerprint density at radius 1 is 1.07 bits per heavy atom. The van der Waals surface area contributed by atoms with Crippen molar-refractivity contribution in [2.75, 3.05) is 19.6 Å². The summed E-state index contributed by atoms with van der Waals surface area (Å²) in [6.07, 6.45) is 6.44. The van der Waals surface area contributed by atoms with E-state index in [0.29, 0.717) is 6.54 Å². The van der Waals surface area contributed by atoms with E-state index in [4.69, 9.17) is 0 Å². The average Bonchev–Trinajstić information content (AvgIpc) is 3.41. The first kappa shape index (κ1) is 20.4. The van der Waals surface area contributed by atoms with E-state index >= 15 is 0 Å². The molecule has 156 valence electrons. The normalized spacial score (nSPS) is 14.2. The molecule has 1 fully saturated rings. The van der Waals surface area contributed by atoms with Crippen molar-refractivity contribution in [3.8, 4) is 5.69 Å². The molecule has 1 aliphatic rings. The van der Waals surface area contributed by atoms with Gasteiger partial charge in [-0.3, -0.25) is 9.69 Å². The molecule has 1 saturated heterocycles. The fraction of sp³-hybridized carbons (Fsp3) is 0.360. The maximum atomic E-state index is 12.6. The van der Waals surface area contributed by atoms with Crippen LogP contribution in [0.15, 0.2) is 60.8 Å². The third kappa shape index (κ3) is 5.16. The zero-order valence-corrected chi connectivity index (χ0v) is 17.7. The number of benzene rings is 2. The van der Waals surface area contributed by atoms with Gasteiger partial charge in [0.25, 0.3) is 5.91 Å². The Bertz CT molecular complexity index is 974. The molecule has 1 aromatic heterocycles. The van der Waals surface area contributed by atoms with Gasteiger partial charge in [-0.15, -0.1) is 0 Å². The molecular weight excluding hydrogens is 372 g/mol. The lowest BCUT2D eigenvalue weighted by atomic mass is 10.1. The number of carbonyl (C=O) groups excluding carboxylic acids is 1. The first-order valence-corrected chi connectivity index (χ1v) is 10.9. The lowest BCUT2D eigenvalue weighted by Crippen LogP contribution is -2.25. The maximum Gasteiger partial charge on any atom is 0.251 e. The van der Waals surface area contributed by atoms with Crippen molar-refractivity contribution in [1.82, 2.24) is 20.0 Å². The molecule has 1 N–H and O–H groups in total. The molecule has 0 unspecified atom stereocenters. The summed E-state index contributed by atoms with van der Waals surface area (Å²) >= 11 is 0. The van der Waals surface area contributed by atoms with Crippen LogP contribution in [0.25, 0.3) is 5.69 Å². The van der Waals surface area contributed by atoms with Crippen LogP contribution < -0.4 is 5.32 Å². The standard InChI is InChI=1S/C25H30N4O/c1-20-23(19-29(27-20)24-12-3-2-4-13-24)11-8-14-26-25(30)22-10-7-9-21(17-22)18-28-15-5-6-16-28/h2-4,7,9-10,12-13,17,19H,5-6,8,11,14-16,18H2,1H3,(H,26,30).